The topological polar surface area (TPSA) is 91.6 Å². The van der Waals surface area contributed by atoms with E-state index in [1.165, 1.54) is 0 Å². The fraction of sp³-hybridized carbons (Fsp3) is 0.533. The Bertz CT molecular complexity index is 540. The molecule has 7 heteroatoms. The van der Waals surface area contributed by atoms with E-state index >= 15 is 0 Å². The molecule has 22 heavy (non-hydrogen) atoms. The van der Waals surface area contributed by atoms with Crippen LogP contribution in [0, 0.1) is 5.92 Å². The first-order chi connectivity index (χ1) is 10.5. The largest absolute Gasteiger partial charge is 0.365 e. The average Bonchev–Trinajstić information content (AvgIpc) is 2.54. The summed E-state index contributed by atoms with van der Waals surface area (Å²) in [5.41, 5.74) is 5.81. The van der Waals surface area contributed by atoms with Crippen molar-refractivity contribution in [3.8, 4) is 0 Å². The van der Waals surface area contributed by atoms with Crippen LogP contribution in [0.25, 0.3) is 0 Å². The predicted octanol–water partition coefficient (Wildman–Crippen LogP) is -0.315. The number of nitrogens with zero attached hydrogens (tertiary/aromatic N) is 3. The van der Waals surface area contributed by atoms with Gasteiger partial charge in [-0.05, 0) is 19.2 Å². The predicted molar refractivity (Wildman–Crippen MR) is 84.6 cm³/mol. The van der Waals surface area contributed by atoms with Crippen LogP contribution in [-0.4, -0.2) is 61.5 Å². The third-order valence-electron chi connectivity index (χ3n) is 3.87. The first-order valence-corrected chi connectivity index (χ1v) is 7.47. The lowest BCUT2D eigenvalue weighted by Crippen LogP contribution is -2.51. The van der Waals surface area contributed by atoms with Gasteiger partial charge in [-0.15, -0.1) is 0 Å². The second kappa shape index (κ2) is 7.22. The van der Waals surface area contributed by atoms with Crippen LogP contribution < -0.4 is 16.0 Å². The number of anilines is 1. The molecule has 1 unspecified atom stereocenters. The van der Waals surface area contributed by atoms with E-state index in [1.54, 1.807) is 18.3 Å². The van der Waals surface area contributed by atoms with Crippen LogP contribution in [0.1, 0.15) is 17.3 Å². The van der Waals surface area contributed by atoms with Crippen LogP contribution in [0.2, 0.25) is 0 Å². The summed E-state index contributed by atoms with van der Waals surface area (Å²) >= 11 is 0. The molecule has 7 nitrogen and oxygen atoms in total. The van der Waals surface area contributed by atoms with Crippen molar-refractivity contribution in [2.24, 2.45) is 11.7 Å². The fourth-order valence-corrected chi connectivity index (χ4v) is 2.69. The molecule has 3 N–H and O–H groups in total. The van der Waals surface area contributed by atoms with Crippen molar-refractivity contribution in [1.82, 2.24) is 15.2 Å². The molecule has 2 amide bonds. The lowest BCUT2D eigenvalue weighted by atomic mass is 10.1. The molecule has 0 spiro atoms. The van der Waals surface area contributed by atoms with Crippen molar-refractivity contribution in [1.29, 1.82) is 0 Å². The number of hydrogen-bond donors (Lipinski definition) is 2. The van der Waals surface area contributed by atoms with Crippen molar-refractivity contribution >= 4 is 17.6 Å². The Kier molecular flexibility index (Phi) is 5.32. The monoisotopic (exact) mass is 305 g/mol. The molecule has 1 aromatic rings. The molecule has 120 valence electrons. The minimum Gasteiger partial charge on any atom is -0.365 e. The minimum absolute atomic E-state index is 0.0346. The first kappa shape index (κ1) is 16.2. The Morgan fingerprint density at radius 2 is 2.05 bits per heavy atom. The second-order valence-electron chi connectivity index (χ2n) is 5.51. The molecular formula is C15H23N5O2. The van der Waals surface area contributed by atoms with Gasteiger partial charge in [-0.1, -0.05) is 6.92 Å². The summed E-state index contributed by atoms with van der Waals surface area (Å²) < 4.78 is 0. The zero-order valence-electron chi connectivity index (χ0n) is 13.1. The smallest absolute Gasteiger partial charge is 0.252 e. The maximum absolute atomic E-state index is 12.3. The van der Waals surface area contributed by atoms with Gasteiger partial charge in [-0.3, -0.25) is 9.59 Å². The lowest BCUT2D eigenvalue weighted by Gasteiger charge is -2.37. The lowest BCUT2D eigenvalue weighted by molar-refractivity contribution is -0.135. The van der Waals surface area contributed by atoms with Crippen molar-refractivity contribution in [3.63, 3.8) is 0 Å². The van der Waals surface area contributed by atoms with E-state index < -0.39 is 5.91 Å². The normalized spacial score (nSPS) is 16.5. The van der Waals surface area contributed by atoms with Gasteiger partial charge in [0.1, 0.15) is 5.82 Å². The van der Waals surface area contributed by atoms with E-state index in [-0.39, 0.29) is 11.8 Å². The van der Waals surface area contributed by atoms with Crippen LogP contribution in [0.5, 0.6) is 0 Å². The molecule has 2 heterocycles. The standard InChI is InChI=1S/C15H23N5O2/c1-11(10-17-2)15(22)20-8-6-19(7-9-20)14-12(13(16)21)4-3-5-18-14/h3-5,11,17H,6-10H2,1-2H3,(H2,16,21). The highest BCUT2D eigenvalue weighted by Gasteiger charge is 2.26. The summed E-state index contributed by atoms with van der Waals surface area (Å²) in [7, 11) is 1.84. The number of rotatable bonds is 5. The molecular weight excluding hydrogens is 282 g/mol. The van der Waals surface area contributed by atoms with E-state index in [1.807, 2.05) is 23.8 Å². The van der Waals surface area contributed by atoms with Crippen LogP contribution in [-0.2, 0) is 4.79 Å². The second-order valence-corrected chi connectivity index (χ2v) is 5.51. The summed E-state index contributed by atoms with van der Waals surface area (Å²) in [5.74, 6) is 0.243. The molecule has 0 aliphatic carbocycles. The van der Waals surface area contributed by atoms with Gasteiger partial charge in [0.25, 0.3) is 5.91 Å². The third kappa shape index (κ3) is 3.54. The molecule has 1 atom stereocenters. The number of nitrogens with two attached hydrogens (primary N) is 1. The fourth-order valence-electron chi connectivity index (χ4n) is 2.69. The highest BCUT2D eigenvalue weighted by Crippen LogP contribution is 2.19. The number of pyridine rings is 1. The molecule has 2 rings (SSSR count). The molecule has 1 aliphatic heterocycles. The summed E-state index contributed by atoms with van der Waals surface area (Å²) in [6.07, 6.45) is 1.65. The number of hydrogen-bond acceptors (Lipinski definition) is 5. The first-order valence-electron chi connectivity index (χ1n) is 7.47. The molecule has 1 aliphatic rings. The molecule has 1 fully saturated rings. The minimum atomic E-state index is -0.482. The SMILES string of the molecule is CNCC(C)C(=O)N1CCN(c2ncccc2C(N)=O)CC1. The zero-order chi connectivity index (χ0) is 16.1. The Labute approximate surface area is 130 Å². The Hall–Kier alpha value is -2.15. The summed E-state index contributed by atoms with van der Waals surface area (Å²) in [4.78, 5) is 31.9. The quantitative estimate of drug-likeness (QED) is 0.778. The van der Waals surface area contributed by atoms with Gasteiger partial charge < -0.3 is 20.9 Å². The van der Waals surface area contributed by atoms with Gasteiger partial charge in [0.15, 0.2) is 0 Å². The number of carbonyl (C=O) groups excluding carboxylic acids is 2. The number of carbonyl (C=O) groups is 2. The summed E-state index contributed by atoms with van der Waals surface area (Å²) in [5, 5.41) is 3.02. The summed E-state index contributed by atoms with van der Waals surface area (Å²) in [6.45, 7) is 5.15. The van der Waals surface area contributed by atoms with Crippen molar-refractivity contribution in [2.75, 3.05) is 44.7 Å². The van der Waals surface area contributed by atoms with E-state index in [0.717, 1.165) is 0 Å². The number of primary amides is 1. The van der Waals surface area contributed by atoms with Crippen molar-refractivity contribution in [3.05, 3.63) is 23.9 Å². The van der Waals surface area contributed by atoms with Gasteiger partial charge in [-0.25, -0.2) is 4.98 Å². The Morgan fingerprint density at radius 1 is 1.36 bits per heavy atom. The van der Waals surface area contributed by atoms with Gasteiger partial charge in [-0.2, -0.15) is 0 Å². The molecule has 1 saturated heterocycles. The summed E-state index contributed by atoms with van der Waals surface area (Å²) in [6, 6.07) is 3.37. The van der Waals surface area contributed by atoms with Crippen molar-refractivity contribution in [2.45, 2.75) is 6.92 Å². The van der Waals surface area contributed by atoms with Gasteiger partial charge >= 0.3 is 0 Å². The molecule has 0 radical (unpaired) electrons. The molecule has 0 aromatic carbocycles. The number of nitrogens with one attached hydrogen (secondary N) is 1. The van der Waals surface area contributed by atoms with Crippen LogP contribution in [0.3, 0.4) is 0 Å². The van der Waals surface area contributed by atoms with E-state index in [2.05, 4.69) is 10.3 Å². The van der Waals surface area contributed by atoms with Gasteiger partial charge in [0.05, 0.1) is 5.56 Å². The number of amides is 2. The molecule has 1 aromatic heterocycles. The Morgan fingerprint density at radius 3 is 2.64 bits per heavy atom. The highest BCUT2D eigenvalue weighted by molar-refractivity contribution is 5.97. The van der Waals surface area contributed by atoms with Gasteiger partial charge in [0, 0.05) is 44.8 Å². The van der Waals surface area contributed by atoms with Crippen LogP contribution >= 0.6 is 0 Å². The molecule has 0 bridgehead atoms. The van der Waals surface area contributed by atoms with Crippen LogP contribution in [0.4, 0.5) is 5.82 Å². The number of aromatic nitrogens is 1. The number of piperazine rings is 1. The van der Waals surface area contributed by atoms with E-state index in [0.29, 0.717) is 44.1 Å². The Balaban J connectivity index is 2.01. The van der Waals surface area contributed by atoms with E-state index in [4.69, 9.17) is 5.73 Å². The highest BCUT2D eigenvalue weighted by atomic mass is 16.2. The average molecular weight is 305 g/mol. The maximum atomic E-state index is 12.3. The third-order valence-corrected chi connectivity index (χ3v) is 3.87. The van der Waals surface area contributed by atoms with Crippen molar-refractivity contribution < 1.29 is 9.59 Å². The molecule has 0 saturated carbocycles. The van der Waals surface area contributed by atoms with Gasteiger partial charge in [0.2, 0.25) is 5.91 Å². The van der Waals surface area contributed by atoms with Crippen LogP contribution in [0.15, 0.2) is 18.3 Å². The van der Waals surface area contributed by atoms with E-state index in [9.17, 15) is 9.59 Å². The zero-order valence-corrected chi connectivity index (χ0v) is 13.1. The maximum Gasteiger partial charge on any atom is 0.252 e.